The van der Waals surface area contributed by atoms with Crippen molar-refractivity contribution in [3.63, 3.8) is 0 Å². The normalized spacial score (nSPS) is 12.9. The number of fused-ring (bicyclic) bond motifs is 2. The highest BCUT2D eigenvalue weighted by Gasteiger charge is 2.28. The summed E-state index contributed by atoms with van der Waals surface area (Å²) < 4.78 is 28.2. The Morgan fingerprint density at radius 3 is 2.51 bits per heavy atom. The van der Waals surface area contributed by atoms with Gasteiger partial charge in [-0.2, -0.15) is 5.26 Å². The summed E-state index contributed by atoms with van der Waals surface area (Å²) in [5, 5.41) is 9.75. The predicted octanol–water partition coefficient (Wildman–Crippen LogP) is 5.60. The average molecular weight is 500 g/mol. The van der Waals surface area contributed by atoms with Crippen molar-refractivity contribution < 1.29 is 13.2 Å². The number of carbonyl (C=O) groups is 1. The highest BCUT2D eigenvalue weighted by atomic mass is 32.2. The maximum Gasteiger partial charge on any atom is 0.268 e. The van der Waals surface area contributed by atoms with Gasteiger partial charge in [-0.3, -0.25) is 4.79 Å². The Kier molecular flexibility index (Phi) is 5.62. The zero-order valence-electron chi connectivity index (χ0n) is 19.4. The summed E-state index contributed by atoms with van der Waals surface area (Å²) in [4.78, 5) is 19.3. The van der Waals surface area contributed by atoms with Gasteiger partial charge in [-0.05, 0) is 67.6 Å². The Labute approximate surface area is 208 Å². The molecule has 1 aliphatic heterocycles. The molecule has 4 aromatic rings. The van der Waals surface area contributed by atoms with Gasteiger partial charge in [0.1, 0.15) is 0 Å². The van der Waals surface area contributed by atoms with Crippen LogP contribution in [0.25, 0.3) is 10.9 Å². The number of carbonyl (C=O) groups excluding carboxylic acids is 1. The monoisotopic (exact) mass is 499 g/mol. The van der Waals surface area contributed by atoms with Crippen LogP contribution in [0.3, 0.4) is 0 Å². The first-order valence-electron chi connectivity index (χ1n) is 10.9. The van der Waals surface area contributed by atoms with Crippen LogP contribution in [-0.2, 0) is 16.4 Å². The SMILES string of the molecule is CSc1cc(C)c2c(ccn2S(=O)(=O)c2ccc(C)cc2)c1C(=O)C1=Nc2cc(C#N)ccc2C1. The molecule has 5 rings (SSSR count). The molecule has 35 heavy (non-hydrogen) atoms. The van der Waals surface area contributed by atoms with E-state index in [1.807, 2.05) is 32.2 Å². The fourth-order valence-corrected chi connectivity index (χ4v) is 6.53. The maximum atomic E-state index is 13.8. The largest absolute Gasteiger partial charge is 0.287 e. The molecular weight excluding hydrogens is 478 g/mol. The predicted molar refractivity (Wildman–Crippen MR) is 139 cm³/mol. The number of Topliss-reactive ketones (excluding diaryl/α,β-unsaturated/α-hetero) is 1. The molecule has 1 aliphatic rings. The molecule has 0 saturated heterocycles. The van der Waals surface area contributed by atoms with Gasteiger partial charge in [0.25, 0.3) is 10.0 Å². The van der Waals surface area contributed by atoms with Crippen LogP contribution >= 0.6 is 11.8 Å². The summed E-state index contributed by atoms with van der Waals surface area (Å²) in [5.74, 6) is -0.237. The molecule has 0 spiro atoms. The van der Waals surface area contributed by atoms with Crippen LogP contribution in [0.4, 0.5) is 5.69 Å². The molecule has 0 atom stereocenters. The van der Waals surface area contributed by atoms with E-state index >= 15 is 0 Å². The van der Waals surface area contributed by atoms with E-state index in [0.717, 1.165) is 21.6 Å². The van der Waals surface area contributed by atoms with Crippen molar-refractivity contribution in [1.29, 1.82) is 5.26 Å². The van der Waals surface area contributed by atoms with Crippen molar-refractivity contribution in [2.45, 2.75) is 30.1 Å². The summed E-state index contributed by atoms with van der Waals surface area (Å²) >= 11 is 1.44. The van der Waals surface area contributed by atoms with Gasteiger partial charge in [0.15, 0.2) is 0 Å². The lowest BCUT2D eigenvalue weighted by Gasteiger charge is -2.14. The number of aromatic nitrogens is 1. The number of aryl methyl sites for hydroxylation is 2. The second kappa shape index (κ2) is 8.52. The first-order valence-corrected chi connectivity index (χ1v) is 13.6. The van der Waals surface area contributed by atoms with Gasteiger partial charge in [0.05, 0.1) is 33.4 Å². The van der Waals surface area contributed by atoms with Crippen LogP contribution in [0, 0.1) is 25.2 Å². The van der Waals surface area contributed by atoms with Crippen molar-refractivity contribution in [3.8, 4) is 6.07 Å². The number of ketones is 1. The van der Waals surface area contributed by atoms with E-state index in [-0.39, 0.29) is 10.7 Å². The van der Waals surface area contributed by atoms with E-state index in [4.69, 9.17) is 0 Å². The molecular formula is C27H21N3O3S2. The average Bonchev–Trinajstić information content (AvgIpc) is 3.48. The quantitative estimate of drug-likeness (QED) is 0.263. The number of hydrogen-bond donors (Lipinski definition) is 0. The molecule has 0 bridgehead atoms. The Bertz CT molecular complexity index is 1710. The maximum absolute atomic E-state index is 13.8. The minimum absolute atomic E-state index is 0.186. The topological polar surface area (TPSA) is 92.3 Å². The summed E-state index contributed by atoms with van der Waals surface area (Å²) in [5.41, 5.74) is 5.04. The Morgan fingerprint density at radius 1 is 1.09 bits per heavy atom. The number of benzene rings is 3. The first kappa shape index (κ1) is 23.1. The van der Waals surface area contributed by atoms with Crippen molar-refractivity contribution in [2.24, 2.45) is 4.99 Å². The molecule has 174 valence electrons. The van der Waals surface area contributed by atoms with Gasteiger partial charge in [0.2, 0.25) is 5.78 Å². The Balaban J connectivity index is 1.66. The zero-order valence-corrected chi connectivity index (χ0v) is 21.0. The van der Waals surface area contributed by atoms with Gasteiger partial charge in [-0.1, -0.05) is 23.8 Å². The fourth-order valence-electron chi connectivity index (χ4n) is 4.42. The van der Waals surface area contributed by atoms with Crippen LogP contribution in [0.1, 0.15) is 32.6 Å². The molecule has 0 unspecified atom stereocenters. The van der Waals surface area contributed by atoms with Gasteiger partial charge >= 0.3 is 0 Å². The van der Waals surface area contributed by atoms with Crippen LogP contribution in [0.5, 0.6) is 0 Å². The van der Waals surface area contributed by atoms with E-state index in [1.54, 1.807) is 42.5 Å². The van der Waals surface area contributed by atoms with E-state index in [0.29, 0.717) is 39.8 Å². The lowest BCUT2D eigenvalue weighted by Crippen LogP contribution is -2.17. The summed E-state index contributed by atoms with van der Waals surface area (Å²) in [6, 6.07) is 17.6. The molecule has 6 nitrogen and oxygen atoms in total. The second-order valence-corrected chi connectivity index (χ2v) is 11.1. The van der Waals surface area contributed by atoms with E-state index in [9.17, 15) is 18.5 Å². The van der Waals surface area contributed by atoms with E-state index in [1.165, 1.54) is 21.9 Å². The third kappa shape index (κ3) is 3.77. The van der Waals surface area contributed by atoms with E-state index < -0.39 is 10.0 Å². The van der Waals surface area contributed by atoms with Gasteiger partial charge < -0.3 is 0 Å². The third-order valence-corrected chi connectivity index (χ3v) is 8.66. The molecule has 0 saturated carbocycles. The Hall–Kier alpha value is -3.67. The minimum Gasteiger partial charge on any atom is -0.287 e. The number of hydrogen-bond acceptors (Lipinski definition) is 6. The smallest absolute Gasteiger partial charge is 0.268 e. The van der Waals surface area contributed by atoms with Crippen molar-refractivity contribution in [3.05, 3.63) is 88.6 Å². The standard InChI is InChI=1S/C27H21N3O3S2/c1-16-4-8-20(9-5-16)35(32,33)30-11-10-21-25(24(34-3)12-17(2)26(21)30)27(31)23-14-19-7-6-18(15-28)13-22(19)29-23/h4-13H,14H2,1-3H3. The number of nitrogens with zero attached hydrogens (tertiary/aromatic N) is 3. The molecule has 0 radical (unpaired) electrons. The van der Waals surface area contributed by atoms with Gasteiger partial charge in [-0.25, -0.2) is 17.4 Å². The highest BCUT2D eigenvalue weighted by Crippen LogP contribution is 2.36. The van der Waals surface area contributed by atoms with Crippen LogP contribution < -0.4 is 0 Å². The molecule has 0 amide bonds. The molecule has 3 aromatic carbocycles. The Morgan fingerprint density at radius 2 is 1.83 bits per heavy atom. The zero-order chi connectivity index (χ0) is 24.9. The summed E-state index contributed by atoms with van der Waals surface area (Å²) in [7, 11) is -3.86. The molecule has 1 aromatic heterocycles. The first-order chi connectivity index (χ1) is 16.7. The number of thioether (sulfide) groups is 1. The van der Waals surface area contributed by atoms with Crippen LogP contribution in [0.2, 0.25) is 0 Å². The van der Waals surface area contributed by atoms with E-state index in [2.05, 4.69) is 11.1 Å². The van der Waals surface area contributed by atoms with Crippen LogP contribution in [0.15, 0.2) is 75.6 Å². The van der Waals surface area contributed by atoms with Crippen LogP contribution in [-0.4, -0.2) is 30.1 Å². The summed E-state index contributed by atoms with van der Waals surface area (Å²) in [6.07, 6.45) is 3.77. The van der Waals surface area contributed by atoms with Crippen molar-refractivity contribution in [2.75, 3.05) is 6.26 Å². The second-order valence-electron chi connectivity index (χ2n) is 8.48. The number of rotatable bonds is 5. The lowest BCUT2D eigenvalue weighted by molar-refractivity contribution is 0.106. The molecule has 8 heteroatoms. The van der Waals surface area contributed by atoms with Gasteiger partial charge in [0, 0.05) is 28.5 Å². The molecule has 2 heterocycles. The lowest BCUT2D eigenvalue weighted by atomic mass is 9.98. The van der Waals surface area contributed by atoms with Crippen molar-refractivity contribution >= 4 is 49.9 Å². The fraction of sp³-hybridized carbons (Fsp3) is 0.148. The molecule has 0 N–H and O–H groups in total. The number of nitriles is 1. The van der Waals surface area contributed by atoms with Crippen molar-refractivity contribution in [1.82, 2.24) is 3.97 Å². The highest BCUT2D eigenvalue weighted by molar-refractivity contribution is 7.98. The molecule has 0 aliphatic carbocycles. The summed E-state index contributed by atoms with van der Waals surface area (Å²) in [6.45, 7) is 3.75. The molecule has 0 fully saturated rings. The minimum atomic E-state index is -3.86. The number of aliphatic imine (C=N–C) groups is 1. The third-order valence-electron chi connectivity index (χ3n) is 6.20. The van der Waals surface area contributed by atoms with Gasteiger partial charge in [-0.15, -0.1) is 11.8 Å².